The lowest BCUT2D eigenvalue weighted by atomic mass is 10.2. The summed E-state index contributed by atoms with van der Waals surface area (Å²) in [4.78, 5) is 11.6. The molecule has 1 heterocycles. The molecular formula is C12H9N3O2. The standard InChI is InChI=1S/C12H9N3O2/c13-8-9-1-3-10(4-2-9)14-12(16)7-11-5-6-17-15-11/h1-6H,7H2,(H,14,16). The fraction of sp³-hybridized carbons (Fsp3) is 0.0833. The van der Waals surface area contributed by atoms with E-state index < -0.39 is 0 Å². The van der Waals surface area contributed by atoms with Crippen LogP contribution in [0.4, 0.5) is 5.69 Å². The molecule has 0 fully saturated rings. The SMILES string of the molecule is N#Cc1ccc(NC(=O)Cc2ccon2)cc1. The van der Waals surface area contributed by atoms with E-state index in [1.165, 1.54) is 6.26 Å². The van der Waals surface area contributed by atoms with E-state index in [4.69, 9.17) is 5.26 Å². The lowest BCUT2D eigenvalue weighted by molar-refractivity contribution is -0.115. The Hall–Kier alpha value is -2.61. The predicted molar refractivity (Wildman–Crippen MR) is 60.0 cm³/mol. The van der Waals surface area contributed by atoms with E-state index in [-0.39, 0.29) is 12.3 Å². The van der Waals surface area contributed by atoms with Gasteiger partial charge in [0.15, 0.2) is 0 Å². The van der Waals surface area contributed by atoms with Crippen LogP contribution in [0.15, 0.2) is 41.1 Å². The zero-order valence-corrected chi connectivity index (χ0v) is 8.88. The molecule has 0 saturated heterocycles. The van der Waals surface area contributed by atoms with Crippen LogP contribution in [-0.2, 0) is 11.2 Å². The highest BCUT2D eigenvalue weighted by Crippen LogP contribution is 2.09. The highest BCUT2D eigenvalue weighted by Gasteiger charge is 2.06. The van der Waals surface area contributed by atoms with Gasteiger partial charge >= 0.3 is 0 Å². The first kappa shape index (κ1) is 10.9. The van der Waals surface area contributed by atoms with Crippen LogP contribution in [0, 0.1) is 11.3 Å². The number of nitrogens with zero attached hydrogens (tertiary/aromatic N) is 2. The van der Waals surface area contributed by atoms with Gasteiger partial charge in [-0.05, 0) is 24.3 Å². The van der Waals surface area contributed by atoms with Crippen LogP contribution in [0.3, 0.4) is 0 Å². The monoisotopic (exact) mass is 227 g/mol. The number of carbonyl (C=O) groups is 1. The van der Waals surface area contributed by atoms with Gasteiger partial charge < -0.3 is 9.84 Å². The summed E-state index contributed by atoms with van der Waals surface area (Å²) in [6.45, 7) is 0. The summed E-state index contributed by atoms with van der Waals surface area (Å²) >= 11 is 0. The molecule has 0 spiro atoms. The minimum Gasteiger partial charge on any atom is -0.364 e. The third-order valence-electron chi connectivity index (χ3n) is 2.13. The summed E-state index contributed by atoms with van der Waals surface area (Å²) in [5.74, 6) is -0.177. The first-order valence-corrected chi connectivity index (χ1v) is 4.97. The maximum absolute atomic E-state index is 11.6. The topological polar surface area (TPSA) is 78.9 Å². The zero-order valence-electron chi connectivity index (χ0n) is 8.88. The number of hydrogen-bond acceptors (Lipinski definition) is 4. The largest absolute Gasteiger partial charge is 0.364 e. The first-order valence-electron chi connectivity index (χ1n) is 4.97. The molecule has 2 aromatic rings. The molecule has 1 aromatic heterocycles. The molecule has 1 aromatic carbocycles. The third-order valence-corrected chi connectivity index (χ3v) is 2.13. The number of anilines is 1. The van der Waals surface area contributed by atoms with E-state index in [1.54, 1.807) is 30.3 Å². The Morgan fingerprint density at radius 3 is 2.71 bits per heavy atom. The van der Waals surface area contributed by atoms with Gasteiger partial charge in [0, 0.05) is 11.8 Å². The number of hydrogen-bond donors (Lipinski definition) is 1. The Labute approximate surface area is 97.7 Å². The number of benzene rings is 1. The molecule has 0 bridgehead atoms. The average molecular weight is 227 g/mol. The van der Waals surface area contributed by atoms with Crippen molar-refractivity contribution in [1.29, 1.82) is 5.26 Å². The van der Waals surface area contributed by atoms with Gasteiger partial charge in [-0.3, -0.25) is 4.79 Å². The maximum atomic E-state index is 11.6. The van der Waals surface area contributed by atoms with Crippen molar-refractivity contribution in [2.75, 3.05) is 5.32 Å². The van der Waals surface area contributed by atoms with E-state index >= 15 is 0 Å². The second kappa shape index (κ2) is 4.94. The molecule has 0 saturated carbocycles. The predicted octanol–water partition coefficient (Wildman–Crippen LogP) is 1.73. The number of aromatic nitrogens is 1. The summed E-state index contributed by atoms with van der Waals surface area (Å²) < 4.78 is 4.63. The molecule has 1 amide bonds. The van der Waals surface area contributed by atoms with E-state index in [1.807, 2.05) is 6.07 Å². The molecule has 0 aliphatic carbocycles. The fourth-order valence-corrected chi connectivity index (χ4v) is 1.33. The minimum absolute atomic E-state index is 0.163. The smallest absolute Gasteiger partial charge is 0.230 e. The van der Waals surface area contributed by atoms with Gasteiger partial charge in [0.1, 0.15) is 6.26 Å². The Balaban J connectivity index is 1.96. The van der Waals surface area contributed by atoms with Crippen molar-refractivity contribution in [3.8, 4) is 6.07 Å². The van der Waals surface area contributed by atoms with Gasteiger partial charge in [0.2, 0.25) is 5.91 Å². The van der Waals surface area contributed by atoms with Crippen LogP contribution in [0.1, 0.15) is 11.3 Å². The van der Waals surface area contributed by atoms with E-state index in [0.29, 0.717) is 16.9 Å². The molecule has 0 aliphatic rings. The van der Waals surface area contributed by atoms with Crippen LogP contribution >= 0.6 is 0 Å². The Morgan fingerprint density at radius 1 is 1.35 bits per heavy atom. The lowest BCUT2D eigenvalue weighted by Crippen LogP contribution is -2.14. The van der Waals surface area contributed by atoms with Crippen molar-refractivity contribution in [3.05, 3.63) is 47.9 Å². The summed E-state index contributed by atoms with van der Waals surface area (Å²) in [5.41, 5.74) is 1.79. The number of carbonyl (C=O) groups excluding carboxylic acids is 1. The summed E-state index contributed by atoms with van der Waals surface area (Å²) in [7, 11) is 0. The van der Waals surface area contributed by atoms with Gasteiger partial charge in [0.05, 0.1) is 23.7 Å². The second-order valence-electron chi connectivity index (χ2n) is 3.40. The molecule has 5 nitrogen and oxygen atoms in total. The van der Waals surface area contributed by atoms with Crippen molar-refractivity contribution >= 4 is 11.6 Å². The third kappa shape index (κ3) is 2.92. The van der Waals surface area contributed by atoms with Gasteiger partial charge in [-0.2, -0.15) is 5.26 Å². The van der Waals surface area contributed by atoms with Crippen molar-refractivity contribution < 1.29 is 9.32 Å². The highest BCUT2D eigenvalue weighted by molar-refractivity contribution is 5.92. The number of amides is 1. The molecule has 5 heteroatoms. The summed E-state index contributed by atoms with van der Waals surface area (Å²) in [6, 6.07) is 10.3. The molecule has 0 aliphatic heterocycles. The molecule has 1 N–H and O–H groups in total. The van der Waals surface area contributed by atoms with Gasteiger partial charge in [-0.15, -0.1) is 0 Å². The van der Waals surface area contributed by atoms with Crippen molar-refractivity contribution in [2.45, 2.75) is 6.42 Å². The quantitative estimate of drug-likeness (QED) is 0.865. The van der Waals surface area contributed by atoms with Crippen molar-refractivity contribution in [2.24, 2.45) is 0 Å². The van der Waals surface area contributed by atoms with Crippen LogP contribution in [-0.4, -0.2) is 11.1 Å². The highest BCUT2D eigenvalue weighted by atomic mass is 16.5. The van der Waals surface area contributed by atoms with Crippen molar-refractivity contribution in [1.82, 2.24) is 5.16 Å². The van der Waals surface area contributed by atoms with Crippen molar-refractivity contribution in [3.63, 3.8) is 0 Å². The van der Waals surface area contributed by atoms with Gasteiger partial charge in [0.25, 0.3) is 0 Å². The molecule has 0 unspecified atom stereocenters. The molecule has 0 radical (unpaired) electrons. The lowest BCUT2D eigenvalue weighted by Gasteiger charge is -2.03. The van der Waals surface area contributed by atoms with Gasteiger partial charge in [-0.25, -0.2) is 0 Å². The number of nitriles is 1. The van der Waals surface area contributed by atoms with E-state index in [0.717, 1.165) is 0 Å². The Bertz CT molecular complexity index is 538. The molecule has 2 rings (SSSR count). The maximum Gasteiger partial charge on any atom is 0.230 e. The Kier molecular flexibility index (Phi) is 3.17. The molecule has 84 valence electrons. The first-order chi connectivity index (χ1) is 8.28. The van der Waals surface area contributed by atoms with Crippen LogP contribution < -0.4 is 5.32 Å². The molecular weight excluding hydrogens is 218 g/mol. The van der Waals surface area contributed by atoms with Crippen LogP contribution in [0.5, 0.6) is 0 Å². The Morgan fingerprint density at radius 2 is 2.12 bits per heavy atom. The number of rotatable bonds is 3. The zero-order chi connectivity index (χ0) is 12.1. The van der Waals surface area contributed by atoms with E-state index in [2.05, 4.69) is 15.0 Å². The average Bonchev–Trinajstić information content (AvgIpc) is 2.82. The molecule has 17 heavy (non-hydrogen) atoms. The minimum atomic E-state index is -0.177. The number of nitrogens with one attached hydrogen (secondary N) is 1. The normalized spacial score (nSPS) is 9.59. The van der Waals surface area contributed by atoms with Gasteiger partial charge in [-0.1, -0.05) is 5.16 Å². The summed E-state index contributed by atoms with van der Waals surface area (Å²) in [5, 5.41) is 15.0. The van der Waals surface area contributed by atoms with Crippen LogP contribution in [0.25, 0.3) is 0 Å². The molecule has 0 atom stereocenters. The fourth-order valence-electron chi connectivity index (χ4n) is 1.33. The second-order valence-corrected chi connectivity index (χ2v) is 3.40. The summed E-state index contributed by atoms with van der Waals surface area (Å²) in [6.07, 6.45) is 1.58. The van der Waals surface area contributed by atoms with E-state index in [9.17, 15) is 4.79 Å². The van der Waals surface area contributed by atoms with Crippen LogP contribution in [0.2, 0.25) is 0 Å².